The van der Waals surface area contributed by atoms with Crippen LogP contribution in [0, 0.1) is 11.8 Å². The monoisotopic (exact) mass is 297 g/mol. The molecule has 7 heteroatoms. The highest BCUT2D eigenvalue weighted by Gasteiger charge is 2.35. The van der Waals surface area contributed by atoms with Crippen molar-refractivity contribution in [2.24, 2.45) is 11.8 Å². The predicted molar refractivity (Wildman–Crippen MR) is 75.7 cm³/mol. The first-order valence-corrected chi connectivity index (χ1v) is 7.51. The Kier molecular flexibility index (Phi) is 5.17. The normalized spacial score (nSPS) is 26.7. The van der Waals surface area contributed by atoms with Crippen LogP contribution in [0.2, 0.25) is 0 Å². The Hall–Kier alpha value is -1.63. The molecular weight excluding hydrogens is 274 g/mol. The second-order valence-electron chi connectivity index (χ2n) is 6.12. The SMILES string of the molecule is C[C@@H]1CN(CC(=O)NC(=O)NC2CCCC2)C[C@H]1C(=O)O. The van der Waals surface area contributed by atoms with E-state index in [9.17, 15) is 14.4 Å². The maximum absolute atomic E-state index is 11.8. The number of amides is 3. The highest BCUT2D eigenvalue weighted by molar-refractivity contribution is 5.95. The molecular formula is C14H23N3O4. The van der Waals surface area contributed by atoms with Crippen LogP contribution in [0.15, 0.2) is 0 Å². The number of imide groups is 1. The van der Waals surface area contributed by atoms with E-state index in [1.54, 1.807) is 4.90 Å². The average Bonchev–Trinajstić information content (AvgIpc) is 2.98. The first-order chi connectivity index (χ1) is 9.95. The van der Waals surface area contributed by atoms with E-state index < -0.39 is 17.9 Å². The highest BCUT2D eigenvalue weighted by atomic mass is 16.4. The van der Waals surface area contributed by atoms with Crippen molar-refractivity contribution in [1.29, 1.82) is 0 Å². The quantitative estimate of drug-likeness (QED) is 0.698. The van der Waals surface area contributed by atoms with Crippen LogP contribution in [0.4, 0.5) is 4.79 Å². The summed E-state index contributed by atoms with van der Waals surface area (Å²) in [5, 5.41) is 14.2. The van der Waals surface area contributed by atoms with Gasteiger partial charge in [0, 0.05) is 19.1 Å². The number of hydrogen-bond acceptors (Lipinski definition) is 4. The van der Waals surface area contributed by atoms with Crippen molar-refractivity contribution in [1.82, 2.24) is 15.5 Å². The zero-order valence-corrected chi connectivity index (χ0v) is 12.3. The first-order valence-electron chi connectivity index (χ1n) is 7.51. The maximum Gasteiger partial charge on any atom is 0.321 e. The molecule has 0 radical (unpaired) electrons. The van der Waals surface area contributed by atoms with Gasteiger partial charge in [-0.2, -0.15) is 0 Å². The zero-order valence-electron chi connectivity index (χ0n) is 12.3. The van der Waals surface area contributed by atoms with E-state index in [2.05, 4.69) is 10.6 Å². The number of aliphatic carboxylic acids is 1. The molecule has 7 nitrogen and oxygen atoms in total. The Labute approximate surface area is 124 Å². The number of carbonyl (C=O) groups is 3. The van der Waals surface area contributed by atoms with Crippen molar-refractivity contribution in [3.05, 3.63) is 0 Å². The Bertz CT molecular complexity index is 420. The topological polar surface area (TPSA) is 98.7 Å². The third-order valence-electron chi connectivity index (χ3n) is 4.32. The molecule has 2 atom stereocenters. The minimum Gasteiger partial charge on any atom is -0.481 e. The fourth-order valence-electron chi connectivity index (χ4n) is 3.18. The predicted octanol–water partition coefficient (Wildman–Crippen LogP) is 0.407. The minimum atomic E-state index is -0.829. The van der Waals surface area contributed by atoms with E-state index in [0.29, 0.717) is 13.1 Å². The van der Waals surface area contributed by atoms with Gasteiger partial charge in [-0.05, 0) is 18.8 Å². The summed E-state index contributed by atoms with van der Waals surface area (Å²) in [6.07, 6.45) is 4.15. The van der Waals surface area contributed by atoms with Gasteiger partial charge < -0.3 is 10.4 Å². The van der Waals surface area contributed by atoms with E-state index in [1.165, 1.54) is 0 Å². The Morgan fingerprint density at radius 2 is 1.86 bits per heavy atom. The molecule has 21 heavy (non-hydrogen) atoms. The molecule has 0 aromatic rings. The number of nitrogens with one attached hydrogen (secondary N) is 2. The van der Waals surface area contributed by atoms with Crippen molar-refractivity contribution in [2.45, 2.75) is 38.6 Å². The van der Waals surface area contributed by atoms with Gasteiger partial charge in [0.15, 0.2) is 0 Å². The molecule has 2 fully saturated rings. The molecule has 1 aliphatic carbocycles. The summed E-state index contributed by atoms with van der Waals surface area (Å²) in [5.41, 5.74) is 0. The van der Waals surface area contributed by atoms with Gasteiger partial charge in [0.25, 0.3) is 0 Å². The third kappa shape index (κ3) is 4.42. The summed E-state index contributed by atoms with van der Waals surface area (Å²) in [7, 11) is 0. The van der Waals surface area contributed by atoms with Gasteiger partial charge in [-0.15, -0.1) is 0 Å². The second kappa shape index (κ2) is 6.89. The number of carboxylic acids is 1. The van der Waals surface area contributed by atoms with Gasteiger partial charge in [0.2, 0.25) is 5.91 Å². The lowest BCUT2D eigenvalue weighted by atomic mass is 9.99. The fraction of sp³-hybridized carbons (Fsp3) is 0.786. The van der Waals surface area contributed by atoms with Crippen molar-refractivity contribution < 1.29 is 19.5 Å². The van der Waals surface area contributed by atoms with Gasteiger partial charge >= 0.3 is 12.0 Å². The van der Waals surface area contributed by atoms with Gasteiger partial charge in [-0.25, -0.2) is 4.79 Å². The molecule has 3 amide bonds. The Morgan fingerprint density at radius 3 is 2.43 bits per heavy atom. The Balaban J connectivity index is 1.72. The van der Waals surface area contributed by atoms with Crippen LogP contribution in [0.1, 0.15) is 32.6 Å². The number of carboxylic acid groups (broad SMARTS) is 1. The van der Waals surface area contributed by atoms with Crippen molar-refractivity contribution in [3.8, 4) is 0 Å². The van der Waals surface area contributed by atoms with E-state index in [1.807, 2.05) is 6.92 Å². The summed E-state index contributed by atoms with van der Waals surface area (Å²) < 4.78 is 0. The zero-order chi connectivity index (χ0) is 15.4. The van der Waals surface area contributed by atoms with Gasteiger partial charge in [-0.3, -0.25) is 19.8 Å². The van der Waals surface area contributed by atoms with Crippen LogP contribution in [-0.4, -0.2) is 53.6 Å². The fourth-order valence-corrected chi connectivity index (χ4v) is 3.18. The molecule has 1 heterocycles. The van der Waals surface area contributed by atoms with Crippen LogP contribution >= 0.6 is 0 Å². The summed E-state index contributed by atoms with van der Waals surface area (Å²) in [4.78, 5) is 36.3. The number of carbonyl (C=O) groups excluding carboxylic acids is 2. The summed E-state index contributed by atoms with van der Waals surface area (Å²) in [6.45, 7) is 2.85. The molecule has 0 aromatic heterocycles. The molecule has 0 bridgehead atoms. The van der Waals surface area contributed by atoms with Crippen LogP contribution in [0.25, 0.3) is 0 Å². The van der Waals surface area contributed by atoms with E-state index >= 15 is 0 Å². The number of urea groups is 1. The molecule has 1 aliphatic heterocycles. The molecule has 3 N–H and O–H groups in total. The van der Waals surface area contributed by atoms with Gasteiger partial charge in [0.05, 0.1) is 12.5 Å². The lowest BCUT2D eigenvalue weighted by Gasteiger charge is -2.16. The summed E-state index contributed by atoms with van der Waals surface area (Å²) >= 11 is 0. The molecule has 0 aromatic carbocycles. The third-order valence-corrected chi connectivity index (χ3v) is 4.32. The molecule has 0 spiro atoms. The van der Waals surface area contributed by atoms with E-state index in [4.69, 9.17) is 5.11 Å². The van der Waals surface area contributed by atoms with Gasteiger partial charge in [-0.1, -0.05) is 19.8 Å². The molecule has 2 rings (SSSR count). The smallest absolute Gasteiger partial charge is 0.321 e. The van der Waals surface area contributed by atoms with Crippen molar-refractivity contribution in [2.75, 3.05) is 19.6 Å². The van der Waals surface area contributed by atoms with Crippen LogP contribution < -0.4 is 10.6 Å². The number of hydrogen-bond donors (Lipinski definition) is 3. The lowest BCUT2D eigenvalue weighted by Crippen LogP contribution is -2.46. The summed E-state index contributed by atoms with van der Waals surface area (Å²) in [6, 6.07) is -0.282. The Morgan fingerprint density at radius 1 is 1.19 bits per heavy atom. The van der Waals surface area contributed by atoms with Crippen molar-refractivity contribution >= 4 is 17.9 Å². The number of nitrogens with zero attached hydrogens (tertiary/aromatic N) is 1. The number of likely N-dealkylation sites (tertiary alicyclic amines) is 1. The largest absolute Gasteiger partial charge is 0.481 e. The number of rotatable bonds is 4. The maximum atomic E-state index is 11.8. The lowest BCUT2D eigenvalue weighted by molar-refractivity contribution is -0.142. The second-order valence-corrected chi connectivity index (χ2v) is 6.12. The molecule has 1 saturated heterocycles. The van der Waals surface area contributed by atoms with Crippen LogP contribution in [0.3, 0.4) is 0 Å². The van der Waals surface area contributed by atoms with E-state index in [-0.39, 0.29) is 24.4 Å². The van der Waals surface area contributed by atoms with Gasteiger partial charge in [0.1, 0.15) is 0 Å². The molecule has 1 saturated carbocycles. The van der Waals surface area contributed by atoms with Crippen LogP contribution in [-0.2, 0) is 9.59 Å². The van der Waals surface area contributed by atoms with Crippen LogP contribution in [0.5, 0.6) is 0 Å². The highest BCUT2D eigenvalue weighted by Crippen LogP contribution is 2.22. The average molecular weight is 297 g/mol. The standard InChI is InChI=1S/C14H23N3O4/c1-9-6-17(7-11(9)13(19)20)8-12(18)16-14(21)15-10-4-2-3-5-10/h9-11H,2-8H2,1H3,(H,19,20)(H2,15,16,18,21)/t9-,11-/m1/s1. The minimum absolute atomic E-state index is 0.0163. The van der Waals surface area contributed by atoms with Crippen molar-refractivity contribution in [3.63, 3.8) is 0 Å². The van der Waals surface area contributed by atoms with E-state index in [0.717, 1.165) is 25.7 Å². The molecule has 2 aliphatic rings. The first kappa shape index (κ1) is 15.8. The summed E-state index contributed by atoms with van der Waals surface area (Å²) in [5.74, 6) is -1.64. The molecule has 0 unspecified atom stereocenters. The molecule has 118 valence electrons.